The molecule has 5 heteroatoms. The van der Waals surface area contributed by atoms with E-state index >= 15 is 0 Å². The fourth-order valence-corrected chi connectivity index (χ4v) is 1.28. The smallest absolute Gasteiger partial charge is 0.337 e. The molecule has 16 heavy (non-hydrogen) atoms. The summed E-state index contributed by atoms with van der Waals surface area (Å²) >= 11 is 9.56. The van der Waals surface area contributed by atoms with Crippen LogP contribution in [0.2, 0.25) is 0 Å². The highest BCUT2D eigenvalue weighted by molar-refractivity contribution is 6.52. The van der Waals surface area contributed by atoms with Gasteiger partial charge in [-0.15, -0.1) is 0 Å². The molecule has 0 aliphatic rings. The van der Waals surface area contributed by atoms with Crippen molar-refractivity contribution in [2.45, 2.75) is 44.9 Å². The molecular formula is C11H23Cl2NO2. The van der Waals surface area contributed by atoms with Crippen LogP contribution in [-0.4, -0.2) is 40.4 Å². The van der Waals surface area contributed by atoms with Crippen molar-refractivity contribution in [1.29, 1.82) is 0 Å². The Kier molecular flexibility index (Phi) is 15.0. The van der Waals surface area contributed by atoms with E-state index in [4.69, 9.17) is 28.3 Å². The van der Waals surface area contributed by atoms with Crippen LogP contribution in [0, 0.1) is 0 Å². The number of carbonyl (C=O) groups is 1. The Labute approximate surface area is 109 Å². The van der Waals surface area contributed by atoms with Crippen LogP contribution < -0.4 is 0 Å². The first-order chi connectivity index (χ1) is 7.49. The minimum absolute atomic E-state index is 1.21. The maximum Gasteiger partial charge on any atom is 0.337 e. The van der Waals surface area contributed by atoms with Gasteiger partial charge in [0.2, 0.25) is 4.84 Å². The molecule has 0 bridgehead atoms. The predicted molar refractivity (Wildman–Crippen MR) is 70.4 cm³/mol. The van der Waals surface area contributed by atoms with Crippen molar-refractivity contribution in [2.24, 2.45) is 0 Å². The van der Waals surface area contributed by atoms with Crippen molar-refractivity contribution >= 4 is 29.2 Å². The van der Waals surface area contributed by atoms with E-state index in [0.29, 0.717) is 0 Å². The van der Waals surface area contributed by atoms with E-state index in [9.17, 15) is 4.79 Å². The van der Waals surface area contributed by atoms with Crippen LogP contribution in [0.5, 0.6) is 0 Å². The van der Waals surface area contributed by atoms with Crippen LogP contribution in [-0.2, 0) is 4.79 Å². The van der Waals surface area contributed by atoms with Gasteiger partial charge in [0.15, 0.2) is 0 Å². The van der Waals surface area contributed by atoms with Gasteiger partial charge >= 0.3 is 5.97 Å². The normalized spacial score (nSPS) is 10.2. The van der Waals surface area contributed by atoms with Crippen LogP contribution in [0.3, 0.4) is 0 Å². The Hall–Kier alpha value is 0.01000. The van der Waals surface area contributed by atoms with E-state index in [1.807, 2.05) is 0 Å². The minimum Gasteiger partial charge on any atom is -0.479 e. The van der Waals surface area contributed by atoms with E-state index in [-0.39, 0.29) is 0 Å². The highest BCUT2D eigenvalue weighted by atomic mass is 35.5. The molecule has 0 heterocycles. The third-order valence-electron chi connectivity index (χ3n) is 1.81. The maximum atomic E-state index is 9.44. The van der Waals surface area contributed by atoms with Gasteiger partial charge in [0, 0.05) is 0 Å². The van der Waals surface area contributed by atoms with Crippen molar-refractivity contribution in [2.75, 3.05) is 19.6 Å². The molecule has 0 unspecified atom stereocenters. The van der Waals surface area contributed by atoms with Gasteiger partial charge < -0.3 is 10.0 Å². The fraction of sp³-hybridized carbons (Fsp3) is 0.909. The van der Waals surface area contributed by atoms with Crippen LogP contribution in [0.25, 0.3) is 0 Å². The molecule has 1 N–H and O–H groups in total. The number of rotatable bonds is 7. The lowest BCUT2D eigenvalue weighted by atomic mass is 10.3. The molecule has 0 aromatic heterocycles. The fourth-order valence-electron chi connectivity index (χ4n) is 1.28. The molecule has 0 fully saturated rings. The van der Waals surface area contributed by atoms with E-state index < -0.39 is 10.8 Å². The van der Waals surface area contributed by atoms with E-state index in [1.165, 1.54) is 38.9 Å². The monoisotopic (exact) mass is 271 g/mol. The Morgan fingerprint density at radius 2 is 1.31 bits per heavy atom. The van der Waals surface area contributed by atoms with E-state index in [0.717, 1.165) is 0 Å². The van der Waals surface area contributed by atoms with Crippen molar-refractivity contribution in [3.8, 4) is 0 Å². The lowest BCUT2D eigenvalue weighted by Gasteiger charge is -2.19. The standard InChI is InChI=1S/C9H21N.C2H2Cl2O2/c1-4-7-10(8-5-2)9-6-3;3-1(4)2(5)6/h4-9H2,1-3H3;1H,(H,5,6). The zero-order chi connectivity index (χ0) is 13.0. The van der Waals surface area contributed by atoms with Gasteiger partial charge in [-0.2, -0.15) is 0 Å². The molecule has 0 aliphatic heterocycles. The summed E-state index contributed by atoms with van der Waals surface area (Å²) in [6.45, 7) is 10.6. The maximum absolute atomic E-state index is 9.44. The summed E-state index contributed by atoms with van der Waals surface area (Å²) in [7, 11) is 0. The SMILES string of the molecule is CCCN(CCC)CCC.O=C(O)C(Cl)Cl. The third-order valence-corrected chi connectivity index (χ3v) is 2.18. The topological polar surface area (TPSA) is 40.5 Å². The van der Waals surface area contributed by atoms with Crippen molar-refractivity contribution in [3.05, 3.63) is 0 Å². The number of alkyl halides is 2. The quantitative estimate of drug-likeness (QED) is 0.722. The highest BCUT2D eigenvalue weighted by Crippen LogP contribution is 1.98. The molecule has 0 aromatic rings. The average Bonchev–Trinajstić information content (AvgIpc) is 2.19. The molecule has 0 saturated carbocycles. The molecule has 98 valence electrons. The number of carboxylic acids is 1. The third kappa shape index (κ3) is 14.0. The van der Waals surface area contributed by atoms with Gasteiger partial charge in [-0.25, -0.2) is 4.79 Å². The average molecular weight is 272 g/mol. The molecule has 0 amide bonds. The zero-order valence-electron chi connectivity index (χ0n) is 10.4. The van der Waals surface area contributed by atoms with E-state index in [2.05, 4.69) is 25.7 Å². The molecule has 0 atom stereocenters. The Morgan fingerprint density at radius 3 is 1.44 bits per heavy atom. The number of hydrogen-bond acceptors (Lipinski definition) is 2. The van der Waals surface area contributed by atoms with Crippen LogP contribution in [0.1, 0.15) is 40.0 Å². The number of aliphatic carboxylic acids is 1. The summed E-state index contributed by atoms with van der Waals surface area (Å²) in [4.78, 5) is 10.7. The largest absolute Gasteiger partial charge is 0.479 e. The molecule has 0 aromatic carbocycles. The first kappa shape index (κ1) is 18.4. The molecular weight excluding hydrogens is 249 g/mol. The van der Waals surface area contributed by atoms with Gasteiger partial charge in [0.1, 0.15) is 0 Å². The Balaban J connectivity index is 0. The lowest BCUT2D eigenvalue weighted by Crippen LogP contribution is -2.25. The second-order valence-electron chi connectivity index (χ2n) is 3.48. The number of carboxylic acid groups (broad SMARTS) is 1. The number of halogens is 2. The second-order valence-corrected chi connectivity index (χ2v) is 4.58. The summed E-state index contributed by atoms with van der Waals surface area (Å²) in [5, 5.41) is 7.73. The number of hydrogen-bond donors (Lipinski definition) is 1. The zero-order valence-corrected chi connectivity index (χ0v) is 11.9. The predicted octanol–water partition coefficient (Wildman–Crippen LogP) is 3.39. The molecule has 0 rings (SSSR count). The minimum atomic E-state index is -1.29. The first-order valence-corrected chi connectivity index (χ1v) is 6.60. The second kappa shape index (κ2) is 13.1. The van der Waals surface area contributed by atoms with Crippen molar-refractivity contribution in [1.82, 2.24) is 4.90 Å². The van der Waals surface area contributed by atoms with Crippen LogP contribution in [0.15, 0.2) is 0 Å². The van der Waals surface area contributed by atoms with Gasteiger partial charge in [0.25, 0.3) is 0 Å². The summed E-state index contributed by atoms with van der Waals surface area (Å²) in [6.07, 6.45) is 3.88. The molecule has 0 spiro atoms. The summed E-state index contributed by atoms with van der Waals surface area (Å²) in [5.74, 6) is -1.21. The highest BCUT2D eigenvalue weighted by Gasteiger charge is 2.05. The van der Waals surface area contributed by atoms with Crippen molar-refractivity contribution < 1.29 is 9.90 Å². The molecule has 3 nitrogen and oxygen atoms in total. The van der Waals surface area contributed by atoms with Crippen LogP contribution >= 0.6 is 23.2 Å². The van der Waals surface area contributed by atoms with Gasteiger partial charge in [-0.05, 0) is 38.9 Å². The number of nitrogens with zero attached hydrogens (tertiary/aromatic N) is 1. The van der Waals surface area contributed by atoms with E-state index in [1.54, 1.807) is 0 Å². The van der Waals surface area contributed by atoms with Gasteiger partial charge in [0.05, 0.1) is 0 Å². The Morgan fingerprint density at radius 1 is 1.06 bits per heavy atom. The molecule has 0 aliphatic carbocycles. The summed E-state index contributed by atoms with van der Waals surface area (Å²) < 4.78 is 0. The van der Waals surface area contributed by atoms with Crippen molar-refractivity contribution in [3.63, 3.8) is 0 Å². The Bertz CT molecular complexity index is 152. The lowest BCUT2D eigenvalue weighted by molar-refractivity contribution is -0.135. The van der Waals surface area contributed by atoms with Gasteiger partial charge in [-0.1, -0.05) is 44.0 Å². The molecule has 0 saturated heterocycles. The molecule has 0 radical (unpaired) electrons. The van der Waals surface area contributed by atoms with Crippen LogP contribution in [0.4, 0.5) is 0 Å². The van der Waals surface area contributed by atoms with Gasteiger partial charge in [-0.3, -0.25) is 0 Å². The summed E-state index contributed by atoms with van der Waals surface area (Å²) in [6, 6.07) is 0. The first-order valence-electron chi connectivity index (χ1n) is 5.72. The summed E-state index contributed by atoms with van der Waals surface area (Å²) in [5.41, 5.74) is 0.